The predicted molar refractivity (Wildman–Crippen MR) is 46.5 cm³/mol. The molecule has 0 saturated heterocycles. The summed E-state index contributed by atoms with van der Waals surface area (Å²) < 4.78 is 0. The van der Waals surface area contributed by atoms with Crippen LogP contribution < -0.4 is 29.1 Å². The molecular weight excluding hydrogens is 275 g/mol. The number of hydrogen-bond donors (Lipinski definition) is 0. The molecule has 1 aliphatic carbocycles. The second kappa shape index (κ2) is 7.82. The summed E-state index contributed by atoms with van der Waals surface area (Å²) in [5.74, 6) is 0. The van der Waals surface area contributed by atoms with Gasteiger partial charge in [-0.15, -0.1) is 5.60 Å². The first-order valence-corrected chi connectivity index (χ1v) is 4.47. The summed E-state index contributed by atoms with van der Waals surface area (Å²) in [7, 11) is 0. The van der Waals surface area contributed by atoms with E-state index in [0.717, 1.165) is 32.1 Å². The van der Waals surface area contributed by atoms with Crippen LogP contribution in [0.3, 0.4) is 0 Å². The molecule has 0 aromatic heterocycles. The van der Waals surface area contributed by atoms with Gasteiger partial charge in [0.1, 0.15) is 0 Å². The Morgan fingerprint density at radius 2 is 1.50 bits per heavy atom. The first kappa shape index (κ1) is 15.9. The molecule has 3 heteroatoms. The summed E-state index contributed by atoms with van der Waals surface area (Å²) in [4.78, 5) is 0. The average molecular weight is 292 g/mol. The molecule has 0 heterocycles. The zero-order chi connectivity index (χ0) is 7.45. The van der Waals surface area contributed by atoms with Gasteiger partial charge in [0.05, 0.1) is 0 Å². The van der Waals surface area contributed by atoms with Crippen LogP contribution in [0, 0.1) is 0 Å². The minimum Gasteiger partial charge on any atom is -1.00 e. The maximum Gasteiger partial charge on any atom is 2.00 e. The summed E-state index contributed by atoms with van der Waals surface area (Å²) in [6.07, 6.45) is 7.56. The monoisotopic (exact) mass is 292 g/mol. The Labute approximate surface area is 109 Å². The van der Waals surface area contributed by atoms with Crippen molar-refractivity contribution < 1.29 is 29.1 Å². The van der Waals surface area contributed by atoms with E-state index < -0.39 is 5.60 Å². The van der Waals surface area contributed by atoms with Crippen LogP contribution in [-0.4, -0.2) is 28.7 Å². The smallest absolute Gasteiger partial charge is 1.00 e. The zero-order valence-corrected chi connectivity index (χ0v) is 11.5. The molecule has 1 rings (SSSR count). The van der Waals surface area contributed by atoms with Crippen LogP contribution in [0.25, 0.3) is 0 Å². The van der Waals surface area contributed by atoms with Crippen LogP contribution in [0.1, 0.15) is 51.9 Å². The van der Waals surface area contributed by atoms with Crippen molar-refractivity contribution in [1.29, 1.82) is 0 Å². The van der Waals surface area contributed by atoms with E-state index in [4.69, 9.17) is 0 Å². The Kier molecular flexibility index (Phi) is 10.4. The van der Waals surface area contributed by atoms with Gasteiger partial charge in [-0.25, -0.2) is 0 Å². The van der Waals surface area contributed by atoms with Crippen LogP contribution in [0.15, 0.2) is 0 Å². The van der Waals surface area contributed by atoms with E-state index in [1.54, 1.807) is 0 Å². The molecule has 1 nitrogen and oxygen atoms in total. The molecule has 0 spiro atoms. The van der Waals surface area contributed by atoms with Crippen LogP contribution >= 0.6 is 0 Å². The molecule has 0 radical (unpaired) electrons. The number of rotatable bonds is 1. The van der Waals surface area contributed by atoms with Gasteiger partial charge in [0.2, 0.25) is 0 Å². The first-order chi connectivity index (χ1) is 4.77. The van der Waals surface area contributed by atoms with Gasteiger partial charge in [-0.3, -0.25) is 0 Å². The molecule has 0 atom stereocenters. The van der Waals surface area contributed by atoms with Crippen molar-refractivity contribution in [2.24, 2.45) is 0 Å². The van der Waals surface area contributed by atoms with E-state index >= 15 is 0 Å². The largest absolute Gasteiger partial charge is 2.00 e. The quantitative estimate of drug-likeness (QED) is 0.327. The number of hydrogen-bond acceptors (Lipinski definition) is 1. The molecule has 0 bridgehead atoms. The van der Waals surface area contributed by atoms with Gasteiger partial charge in [0.15, 0.2) is 0 Å². The van der Waals surface area contributed by atoms with Gasteiger partial charge in [0.25, 0.3) is 0 Å². The van der Waals surface area contributed by atoms with Gasteiger partial charge in [-0.2, -0.15) is 0 Å². The van der Waals surface area contributed by atoms with Crippen LogP contribution in [0.2, 0.25) is 0 Å². The fraction of sp³-hybridized carbons (Fsp3) is 1.00. The third kappa shape index (κ3) is 5.24. The van der Waals surface area contributed by atoms with Crippen molar-refractivity contribution in [1.82, 2.24) is 0 Å². The summed E-state index contributed by atoms with van der Waals surface area (Å²) in [6, 6.07) is 0. The van der Waals surface area contributed by atoms with Crippen molar-refractivity contribution in [2.75, 3.05) is 0 Å². The van der Waals surface area contributed by atoms with Crippen molar-refractivity contribution >= 4 is 23.1 Å². The van der Waals surface area contributed by atoms with E-state index in [2.05, 4.69) is 0 Å². The maximum absolute atomic E-state index is 11.7. The minimum absolute atomic E-state index is 0. The van der Waals surface area contributed by atoms with Crippen LogP contribution in [0.4, 0.5) is 0 Å². The molecule has 0 aliphatic heterocycles. The van der Waals surface area contributed by atoms with Crippen molar-refractivity contribution in [3.63, 3.8) is 0 Å². The molecule has 1 saturated carbocycles. The molecule has 0 amide bonds. The van der Waals surface area contributed by atoms with E-state index in [1.165, 1.54) is 12.8 Å². The SMILES string of the molecule is CCC1([O-])CCCCCC1.[I-].[Mg+2]. The summed E-state index contributed by atoms with van der Waals surface area (Å²) >= 11 is 0. The molecule has 0 N–H and O–H groups in total. The Morgan fingerprint density at radius 1 is 1.08 bits per heavy atom. The van der Waals surface area contributed by atoms with Gasteiger partial charge < -0.3 is 29.1 Å². The van der Waals surface area contributed by atoms with Gasteiger partial charge >= 0.3 is 23.1 Å². The molecule has 12 heavy (non-hydrogen) atoms. The summed E-state index contributed by atoms with van der Waals surface area (Å²) in [5.41, 5.74) is -0.545. The standard InChI is InChI=1S/C9H17O.HI.Mg/c1-2-9(10)7-5-3-4-6-8-9;;/h2-8H2,1H3;1H;/q-1;;+2/p-1. The normalized spacial score (nSPS) is 21.5. The van der Waals surface area contributed by atoms with E-state index in [0.29, 0.717) is 0 Å². The summed E-state index contributed by atoms with van der Waals surface area (Å²) in [6.45, 7) is 2.03. The van der Waals surface area contributed by atoms with Crippen LogP contribution in [-0.2, 0) is 0 Å². The molecular formula is C9H17IMgO. The van der Waals surface area contributed by atoms with Gasteiger partial charge in [-0.1, -0.05) is 51.9 Å². The Hall–Kier alpha value is 1.46. The summed E-state index contributed by atoms with van der Waals surface area (Å²) in [5, 5.41) is 11.7. The second-order valence-corrected chi connectivity index (χ2v) is 3.45. The van der Waals surface area contributed by atoms with Crippen LogP contribution in [0.5, 0.6) is 0 Å². The van der Waals surface area contributed by atoms with E-state index in [-0.39, 0.29) is 47.0 Å². The fourth-order valence-corrected chi connectivity index (χ4v) is 1.73. The third-order valence-electron chi connectivity index (χ3n) is 2.66. The predicted octanol–water partition coefficient (Wildman–Crippen LogP) is -1.53. The van der Waals surface area contributed by atoms with E-state index in [9.17, 15) is 5.11 Å². The maximum atomic E-state index is 11.7. The van der Waals surface area contributed by atoms with Gasteiger partial charge in [-0.05, 0) is 0 Å². The molecule has 68 valence electrons. The molecule has 1 aliphatic rings. The molecule has 0 aromatic rings. The Bertz CT molecular complexity index is 101. The minimum atomic E-state index is -0.545. The first-order valence-electron chi connectivity index (χ1n) is 4.47. The Morgan fingerprint density at radius 3 is 1.83 bits per heavy atom. The van der Waals surface area contributed by atoms with Crippen molar-refractivity contribution in [3.8, 4) is 0 Å². The average Bonchev–Trinajstić information content (AvgIpc) is 2.15. The van der Waals surface area contributed by atoms with E-state index in [1.807, 2.05) is 6.92 Å². The van der Waals surface area contributed by atoms with Crippen molar-refractivity contribution in [3.05, 3.63) is 0 Å². The zero-order valence-electron chi connectivity index (χ0n) is 7.94. The van der Waals surface area contributed by atoms with Crippen molar-refractivity contribution in [2.45, 2.75) is 57.5 Å². The third-order valence-corrected chi connectivity index (χ3v) is 2.66. The Balaban J connectivity index is 0. The van der Waals surface area contributed by atoms with Gasteiger partial charge in [0, 0.05) is 0 Å². The molecule has 0 aromatic carbocycles. The topological polar surface area (TPSA) is 23.1 Å². The number of halogens is 1. The molecule has 0 unspecified atom stereocenters. The second-order valence-electron chi connectivity index (χ2n) is 3.45. The molecule has 1 fully saturated rings. The fourth-order valence-electron chi connectivity index (χ4n) is 1.73.